The number of alkyl halides is 3. The van der Waals surface area contributed by atoms with Gasteiger partial charge < -0.3 is 15.4 Å². The number of hydrogen-bond donors (Lipinski definition) is 4. The van der Waals surface area contributed by atoms with Gasteiger partial charge in [-0.2, -0.15) is 13.2 Å². The van der Waals surface area contributed by atoms with Crippen molar-refractivity contribution in [2.75, 3.05) is 10.6 Å². The minimum absolute atomic E-state index is 0.0715. The van der Waals surface area contributed by atoms with Crippen LogP contribution in [0.5, 0.6) is 11.5 Å². The van der Waals surface area contributed by atoms with Gasteiger partial charge in [0.15, 0.2) is 0 Å². The highest BCUT2D eigenvalue weighted by Gasteiger charge is 2.33. The Balaban J connectivity index is 1.29. The summed E-state index contributed by atoms with van der Waals surface area (Å²) < 4.78 is 58.1. The maximum Gasteiger partial charge on any atom is 0.417 e. The molecule has 4 amide bonds. The van der Waals surface area contributed by atoms with E-state index in [4.69, 9.17) is 16.3 Å². The molecule has 0 saturated carbocycles. The molecule has 0 aliphatic heterocycles. The quantitative estimate of drug-likeness (QED) is 0.104. The lowest BCUT2D eigenvalue weighted by molar-refractivity contribution is -0.137. The number of nitrogens with zero attached hydrogens (tertiary/aromatic N) is 1. The van der Waals surface area contributed by atoms with Gasteiger partial charge in [-0.25, -0.2) is 9.18 Å². The van der Waals surface area contributed by atoms with Crippen molar-refractivity contribution in [3.63, 3.8) is 0 Å². The number of urea groups is 1. The number of hydrogen-bond acceptors (Lipinski definition) is 5. The molecule has 4 rings (SSSR count). The maximum atomic E-state index is 13.2. The molecular formula is C29H20ClF4N5O4. The van der Waals surface area contributed by atoms with Crippen LogP contribution in [0.3, 0.4) is 0 Å². The van der Waals surface area contributed by atoms with Crippen LogP contribution < -0.4 is 26.2 Å². The van der Waals surface area contributed by atoms with Crippen LogP contribution in [0.2, 0.25) is 5.02 Å². The number of ether oxygens (including phenoxy) is 1. The van der Waals surface area contributed by atoms with E-state index in [2.05, 4.69) is 26.5 Å². The first-order valence-corrected chi connectivity index (χ1v) is 12.6. The second-order valence-corrected chi connectivity index (χ2v) is 9.01. The number of aromatic nitrogens is 1. The van der Waals surface area contributed by atoms with E-state index in [1.807, 2.05) is 0 Å². The molecular weight excluding hydrogens is 594 g/mol. The lowest BCUT2D eigenvalue weighted by Crippen LogP contribution is -2.41. The molecule has 0 fully saturated rings. The number of benzene rings is 3. The summed E-state index contributed by atoms with van der Waals surface area (Å²) in [5.74, 6) is -1.29. The average molecular weight is 614 g/mol. The monoisotopic (exact) mass is 613 g/mol. The number of pyridine rings is 1. The number of halogens is 5. The number of nitrogens with one attached hydrogen (secondary N) is 4. The van der Waals surface area contributed by atoms with Crippen molar-refractivity contribution in [1.82, 2.24) is 15.8 Å². The number of rotatable bonds is 7. The molecule has 1 aromatic heterocycles. The van der Waals surface area contributed by atoms with Crippen LogP contribution in [0, 0.1) is 5.82 Å². The van der Waals surface area contributed by atoms with Crippen molar-refractivity contribution in [3.8, 4) is 11.5 Å². The average Bonchev–Trinajstić information content (AvgIpc) is 2.96. The Morgan fingerprint density at radius 3 is 2.28 bits per heavy atom. The summed E-state index contributed by atoms with van der Waals surface area (Å²) >= 11 is 5.59. The topological polar surface area (TPSA) is 121 Å². The van der Waals surface area contributed by atoms with E-state index in [1.165, 1.54) is 72.9 Å². The first-order chi connectivity index (χ1) is 20.5. The highest BCUT2D eigenvalue weighted by atomic mass is 35.5. The predicted octanol–water partition coefficient (Wildman–Crippen LogP) is 6.80. The number of carbonyl (C=O) groups excluding carboxylic acids is 3. The van der Waals surface area contributed by atoms with Crippen LogP contribution in [0.1, 0.15) is 21.6 Å². The zero-order valence-electron chi connectivity index (χ0n) is 21.7. The fourth-order valence-corrected chi connectivity index (χ4v) is 3.69. The van der Waals surface area contributed by atoms with E-state index in [-0.39, 0.29) is 17.1 Å². The molecule has 0 unspecified atom stereocenters. The molecule has 9 nitrogen and oxygen atoms in total. The van der Waals surface area contributed by atoms with Gasteiger partial charge in [-0.05, 0) is 72.3 Å². The van der Waals surface area contributed by atoms with E-state index >= 15 is 0 Å². The molecule has 4 N–H and O–H groups in total. The molecule has 0 aliphatic rings. The standard InChI is InChI=1S/C29H20ClF4N5O4/c30-24-10-7-20(15-23(24)29(32,33)34)37-28(42)36-19-5-8-21(9-6-19)43-22-12-13-35-25(16-22)27(41)39-38-26(40)11-4-17-2-1-3-18(31)14-17/h1-16H,(H,38,40)(H,39,41)(H2,36,37,42)/b11-4+. The highest BCUT2D eigenvalue weighted by molar-refractivity contribution is 6.31. The minimum Gasteiger partial charge on any atom is -0.457 e. The zero-order valence-corrected chi connectivity index (χ0v) is 22.5. The summed E-state index contributed by atoms with van der Waals surface area (Å²) in [4.78, 5) is 40.6. The molecule has 4 aromatic rings. The third kappa shape index (κ3) is 9.03. The van der Waals surface area contributed by atoms with Crippen LogP contribution in [0.25, 0.3) is 6.08 Å². The SMILES string of the molecule is O=C(/C=C/c1cccc(F)c1)NNC(=O)c1cc(Oc2ccc(NC(=O)Nc3ccc(Cl)c(C(F)(F)F)c3)cc2)ccn1. The van der Waals surface area contributed by atoms with Crippen LogP contribution in [-0.4, -0.2) is 22.8 Å². The van der Waals surface area contributed by atoms with Gasteiger partial charge >= 0.3 is 12.2 Å². The van der Waals surface area contributed by atoms with Crippen LogP contribution in [-0.2, 0) is 11.0 Å². The smallest absolute Gasteiger partial charge is 0.417 e. The van der Waals surface area contributed by atoms with E-state index < -0.39 is 40.4 Å². The third-order valence-corrected chi connectivity index (χ3v) is 5.75. The number of hydrazine groups is 1. The Kier molecular flexibility index (Phi) is 9.58. The van der Waals surface area contributed by atoms with Crippen LogP contribution in [0.4, 0.5) is 33.7 Å². The van der Waals surface area contributed by atoms with E-state index in [0.717, 1.165) is 18.2 Å². The van der Waals surface area contributed by atoms with Gasteiger partial charge in [0.1, 0.15) is 23.0 Å². The van der Waals surface area contributed by atoms with Crippen LogP contribution >= 0.6 is 11.6 Å². The van der Waals surface area contributed by atoms with E-state index in [0.29, 0.717) is 17.0 Å². The molecule has 0 spiro atoms. The molecule has 1 heterocycles. The van der Waals surface area contributed by atoms with Crippen molar-refractivity contribution < 1.29 is 36.7 Å². The minimum atomic E-state index is -4.68. The first kappa shape index (κ1) is 30.5. The Morgan fingerprint density at radius 2 is 1.56 bits per heavy atom. The summed E-state index contributed by atoms with van der Waals surface area (Å²) in [5, 5.41) is 4.30. The summed E-state index contributed by atoms with van der Waals surface area (Å²) in [6, 6.07) is 16.6. The Labute approximate surface area is 246 Å². The van der Waals surface area contributed by atoms with Crippen molar-refractivity contribution in [2.45, 2.75) is 6.18 Å². The van der Waals surface area contributed by atoms with Crippen LogP contribution in [0.15, 0.2) is 91.1 Å². The second kappa shape index (κ2) is 13.5. The molecule has 14 heteroatoms. The van der Waals surface area contributed by atoms with Crippen molar-refractivity contribution in [1.29, 1.82) is 0 Å². The van der Waals surface area contributed by atoms with Gasteiger partial charge in [-0.1, -0.05) is 23.7 Å². The first-order valence-electron chi connectivity index (χ1n) is 12.2. The normalized spacial score (nSPS) is 11.1. The molecule has 0 bridgehead atoms. The Hall–Kier alpha value is -5.43. The van der Waals surface area contributed by atoms with Crippen molar-refractivity contribution in [3.05, 3.63) is 119 Å². The Bertz CT molecular complexity index is 1680. The molecule has 43 heavy (non-hydrogen) atoms. The highest BCUT2D eigenvalue weighted by Crippen LogP contribution is 2.36. The Morgan fingerprint density at radius 1 is 0.837 bits per heavy atom. The molecule has 0 radical (unpaired) electrons. The van der Waals surface area contributed by atoms with E-state index in [1.54, 1.807) is 6.07 Å². The predicted molar refractivity (Wildman–Crippen MR) is 151 cm³/mol. The van der Waals surface area contributed by atoms with Gasteiger partial charge in [0.2, 0.25) is 0 Å². The summed E-state index contributed by atoms with van der Waals surface area (Å²) in [6.45, 7) is 0. The van der Waals surface area contributed by atoms with Gasteiger partial charge in [-0.3, -0.25) is 25.4 Å². The number of amides is 4. The van der Waals surface area contributed by atoms with Crippen molar-refractivity contribution >= 4 is 46.9 Å². The molecule has 0 aliphatic carbocycles. The number of carbonyl (C=O) groups is 3. The fourth-order valence-electron chi connectivity index (χ4n) is 3.46. The fraction of sp³-hybridized carbons (Fsp3) is 0.0345. The molecule has 3 aromatic carbocycles. The zero-order chi connectivity index (χ0) is 31.0. The van der Waals surface area contributed by atoms with Gasteiger partial charge in [0, 0.05) is 29.7 Å². The van der Waals surface area contributed by atoms with Gasteiger partial charge in [0.25, 0.3) is 11.8 Å². The lowest BCUT2D eigenvalue weighted by atomic mass is 10.2. The molecule has 0 atom stereocenters. The summed E-state index contributed by atoms with van der Waals surface area (Å²) in [5.41, 5.74) is 3.91. The lowest BCUT2D eigenvalue weighted by Gasteiger charge is -2.12. The largest absolute Gasteiger partial charge is 0.457 e. The van der Waals surface area contributed by atoms with Gasteiger partial charge in [0.05, 0.1) is 10.6 Å². The summed E-state index contributed by atoms with van der Waals surface area (Å²) in [7, 11) is 0. The summed E-state index contributed by atoms with van der Waals surface area (Å²) in [6.07, 6.45) is -0.875. The van der Waals surface area contributed by atoms with E-state index in [9.17, 15) is 31.9 Å². The molecule has 220 valence electrons. The third-order valence-electron chi connectivity index (χ3n) is 5.42. The molecule has 0 saturated heterocycles. The second-order valence-electron chi connectivity index (χ2n) is 8.61. The number of anilines is 2. The van der Waals surface area contributed by atoms with Gasteiger partial charge in [-0.15, -0.1) is 0 Å². The van der Waals surface area contributed by atoms with Crippen molar-refractivity contribution in [2.24, 2.45) is 0 Å². The maximum absolute atomic E-state index is 13.2.